The van der Waals surface area contributed by atoms with Crippen LogP contribution in [0.25, 0.3) is 0 Å². The number of nitro benzene ring substituents is 1. The van der Waals surface area contributed by atoms with Crippen molar-refractivity contribution in [3.63, 3.8) is 0 Å². The van der Waals surface area contributed by atoms with E-state index >= 15 is 0 Å². The van der Waals surface area contributed by atoms with E-state index < -0.39 is 10.9 Å². The lowest BCUT2D eigenvalue weighted by atomic mass is 10.1. The number of morpholine rings is 1. The minimum absolute atomic E-state index is 0.0296. The highest BCUT2D eigenvalue weighted by molar-refractivity contribution is 5.91. The Morgan fingerprint density at radius 3 is 2.77 bits per heavy atom. The van der Waals surface area contributed by atoms with Gasteiger partial charge in [-0.25, -0.2) is 4.79 Å². The van der Waals surface area contributed by atoms with E-state index in [9.17, 15) is 14.9 Å². The Hall–Kier alpha value is -2.93. The molecule has 0 aliphatic carbocycles. The molecule has 0 saturated carbocycles. The van der Waals surface area contributed by atoms with Gasteiger partial charge in [-0.15, -0.1) is 0 Å². The van der Waals surface area contributed by atoms with Crippen LogP contribution in [0, 0.1) is 10.1 Å². The molecular formula is C19H20N2O5. The van der Waals surface area contributed by atoms with Gasteiger partial charge in [0.15, 0.2) is 0 Å². The topological polar surface area (TPSA) is 81.9 Å². The molecule has 1 aliphatic rings. The maximum Gasteiger partial charge on any atom is 0.337 e. The maximum absolute atomic E-state index is 11.8. The van der Waals surface area contributed by atoms with Crippen molar-refractivity contribution in [1.82, 2.24) is 0 Å². The monoisotopic (exact) mass is 356 g/mol. The lowest BCUT2D eigenvalue weighted by molar-refractivity contribution is -0.384. The van der Waals surface area contributed by atoms with E-state index in [0.717, 1.165) is 12.0 Å². The first-order chi connectivity index (χ1) is 12.6. The van der Waals surface area contributed by atoms with Crippen molar-refractivity contribution < 1.29 is 19.2 Å². The largest absolute Gasteiger partial charge is 0.465 e. The van der Waals surface area contributed by atoms with E-state index in [1.807, 2.05) is 35.2 Å². The molecule has 1 heterocycles. The summed E-state index contributed by atoms with van der Waals surface area (Å²) in [6.45, 7) is 1.51. The van der Waals surface area contributed by atoms with Gasteiger partial charge < -0.3 is 14.4 Å². The third-order valence-corrected chi connectivity index (χ3v) is 4.38. The fraction of sp³-hybridized carbons (Fsp3) is 0.316. The number of ether oxygens (including phenoxy) is 2. The molecule has 0 N–H and O–H groups in total. The van der Waals surface area contributed by atoms with E-state index in [-0.39, 0.29) is 11.8 Å². The van der Waals surface area contributed by atoms with Gasteiger partial charge in [0.2, 0.25) is 0 Å². The number of hydrogen-bond donors (Lipinski definition) is 0. The van der Waals surface area contributed by atoms with Gasteiger partial charge in [-0.3, -0.25) is 10.1 Å². The molecule has 7 nitrogen and oxygen atoms in total. The second kappa shape index (κ2) is 7.97. The third-order valence-electron chi connectivity index (χ3n) is 4.38. The summed E-state index contributed by atoms with van der Waals surface area (Å²) in [6.07, 6.45) is 0.648. The number of nitro groups is 1. The number of anilines is 1. The zero-order valence-electron chi connectivity index (χ0n) is 14.5. The number of benzene rings is 2. The zero-order valence-corrected chi connectivity index (χ0v) is 14.5. The van der Waals surface area contributed by atoms with Crippen LogP contribution in [0.3, 0.4) is 0 Å². The van der Waals surface area contributed by atoms with Gasteiger partial charge in [0, 0.05) is 25.6 Å². The molecule has 1 unspecified atom stereocenters. The SMILES string of the molecule is COC(=O)c1ccc([N+](=O)[O-])c(N2CCOC(Cc3ccccc3)C2)c1. The first-order valence-corrected chi connectivity index (χ1v) is 8.35. The molecule has 26 heavy (non-hydrogen) atoms. The average Bonchev–Trinajstić information content (AvgIpc) is 2.68. The van der Waals surface area contributed by atoms with Crippen LogP contribution in [0.15, 0.2) is 48.5 Å². The van der Waals surface area contributed by atoms with Crippen LogP contribution in [0.4, 0.5) is 11.4 Å². The fourth-order valence-electron chi connectivity index (χ4n) is 3.11. The molecule has 1 fully saturated rings. The first-order valence-electron chi connectivity index (χ1n) is 8.35. The molecule has 0 radical (unpaired) electrons. The standard InChI is InChI=1S/C19H20N2O5/c1-25-19(22)15-7-8-17(21(23)24)18(12-15)20-9-10-26-16(13-20)11-14-5-3-2-4-6-14/h2-8,12,16H,9-11,13H2,1H3. The van der Waals surface area contributed by atoms with Gasteiger partial charge in [-0.05, 0) is 17.7 Å². The number of rotatable bonds is 5. The Kier molecular flexibility index (Phi) is 5.48. The molecular weight excluding hydrogens is 336 g/mol. The smallest absolute Gasteiger partial charge is 0.337 e. The molecule has 2 aromatic rings. The molecule has 0 spiro atoms. The quantitative estimate of drug-likeness (QED) is 0.465. The lowest BCUT2D eigenvalue weighted by Gasteiger charge is -2.34. The number of methoxy groups -OCH3 is 1. The highest BCUT2D eigenvalue weighted by Crippen LogP contribution is 2.31. The summed E-state index contributed by atoms with van der Waals surface area (Å²) in [4.78, 5) is 24.7. The average molecular weight is 356 g/mol. The van der Waals surface area contributed by atoms with Crippen LogP contribution in [-0.2, 0) is 15.9 Å². The Morgan fingerprint density at radius 1 is 1.31 bits per heavy atom. The first kappa shape index (κ1) is 17.9. The summed E-state index contributed by atoms with van der Waals surface area (Å²) in [5.41, 5.74) is 1.83. The van der Waals surface area contributed by atoms with Crippen molar-refractivity contribution in [2.45, 2.75) is 12.5 Å². The number of hydrogen-bond acceptors (Lipinski definition) is 6. The highest BCUT2D eigenvalue weighted by Gasteiger charge is 2.27. The van der Waals surface area contributed by atoms with Gasteiger partial charge in [0.05, 0.1) is 30.3 Å². The highest BCUT2D eigenvalue weighted by atomic mass is 16.6. The van der Waals surface area contributed by atoms with Crippen molar-refractivity contribution in [2.75, 3.05) is 31.7 Å². The normalized spacial score (nSPS) is 17.0. The van der Waals surface area contributed by atoms with Crippen molar-refractivity contribution in [1.29, 1.82) is 0 Å². The predicted molar refractivity (Wildman–Crippen MR) is 96.5 cm³/mol. The Labute approximate surface area is 151 Å². The number of esters is 1. The minimum Gasteiger partial charge on any atom is -0.465 e. The Bertz CT molecular complexity index is 794. The van der Waals surface area contributed by atoms with Gasteiger partial charge >= 0.3 is 5.97 Å². The van der Waals surface area contributed by atoms with Gasteiger partial charge in [-0.1, -0.05) is 30.3 Å². The fourth-order valence-corrected chi connectivity index (χ4v) is 3.11. The van der Waals surface area contributed by atoms with Crippen molar-refractivity contribution >= 4 is 17.3 Å². The summed E-state index contributed by atoms with van der Waals surface area (Å²) in [5.74, 6) is -0.518. The number of carbonyl (C=O) groups excluding carboxylic acids is 1. The van der Waals surface area contributed by atoms with Crippen LogP contribution in [0.2, 0.25) is 0 Å². The number of nitrogens with zero attached hydrogens (tertiary/aromatic N) is 2. The van der Waals surface area contributed by atoms with Gasteiger partial charge in [-0.2, -0.15) is 0 Å². The summed E-state index contributed by atoms with van der Waals surface area (Å²) < 4.78 is 10.6. The Morgan fingerprint density at radius 2 is 2.08 bits per heavy atom. The molecule has 0 amide bonds. The van der Waals surface area contributed by atoms with Crippen molar-refractivity contribution in [3.05, 3.63) is 69.8 Å². The molecule has 1 saturated heterocycles. The van der Waals surface area contributed by atoms with Crippen LogP contribution in [-0.4, -0.2) is 43.8 Å². The summed E-state index contributed by atoms with van der Waals surface area (Å²) in [6, 6.07) is 14.2. The zero-order chi connectivity index (χ0) is 18.5. The van der Waals surface area contributed by atoms with Crippen LogP contribution < -0.4 is 4.90 Å². The van der Waals surface area contributed by atoms with Gasteiger partial charge in [0.25, 0.3) is 5.69 Å². The summed E-state index contributed by atoms with van der Waals surface area (Å²) in [5, 5.41) is 11.4. The van der Waals surface area contributed by atoms with E-state index in [4.69, 9.17) is 9.47 Å². The van der Waals surface area contributed by atoms with Crippen LogP contribution in [0.1, 0.15) is 15.9 Å². The van der Waals surface area contributed by atoms with E-state index in [1.54, 1.807) is 0 Å². The molecule has 136 valence electrons. The predicted octanol–water partition coefficient (Wildman–Crippen LogP) is 2.83. The molecule has 0 aromatic heterocycles. The van der Waals surface area contributed by atoms with E-state index in [0.29, 0.717) is 30.9 Å². The van der Waals surface area contributed by atoms with Crippen molar-refractivity contribution in [3.8, 4) is 0 Å². The number of carbonyl (C=O) groups is 1. The third kappa shape index (κ3) is 4.00. The van der Waals surface area contributed by atoms with Crippen molar-refractivity contribution in [2.24, 2.45) is 0 Å². The molecule has 1 aliphatic heterocycles. The van der Waals surface area contributed by atoms with Crippen LogP contribution in [0.5, 0.6) is 0 Å². The minimum atomic E-state index is -0.518. The van der Waals surface area contributed by atoms with Crippen LogP contribution >= 0.6 is 0 Å². The molecule has 0 bridgehead atoms. The molecule has 1 atom stereocenters. The van der Waals surface area contributed by atoms with E-state index in [2.05, 4.69) is 0 Å². The summed E-state index contributed by atoms with van der Waals surface area (Å²) >= 11 is 0. The van der Waals surface area contributed by atoms with Gasteiger partial charge in [0.1, 0.15) is 5.69 Å². The second-order valence-electron chi connectivity index (χ2n) is 6.08. The lowest BCUT2D eigenvalue weighted by Crippen LogP contribution is -2.43. The Balaban J connectivity index is 1.84. The molecule has 7 heteroatoms. The second-order valence-corrected chi connectivity index (χ2v) is 6.08. The molecule has 2 aromatic carbocycles. The molecule has 3 rings (SSSR count). The summed E-state index contributed by atoms with van der Waals surface area (Å²) in [7, 11) is 1.29. The van der Waals surface area contributed by atoms with E-state index in [1.165, 1.54) is 25.3 Å². The maximum atomic E-state index is 11.8.